The van der Waals surface area contributed by atoms with Crippen LogP contribution in [0.4, 0.5) is 0 Å². The summed E-state index contributed by atoms with van der Waals surface area (Å²) in [4.78, 5) is 22.5. The predicted molar refractivity (Wildman–Crippen MR) is 59.8 cm³/mol. The van der Waals surface area contributed by atoms with E-state index < -0.39 is 11.9 Å². The van der Waals surface area contributed by atoms with E-state index in [-0.39, 0.29) is 18.4 Å². The molecule has 0 radical (unpaired) electrons. The zero-order valence-corrected chi connectivity index (χ0v) is 9.45. The number of carboxylic acids is 1. The molecule has 4 N–H and O–H groups in total. The van der Waals surface area contributed by atoms with Crippen molar-refractivity contribution in [3.63, 3.8) is 0 Å². The molecule has 5 heteroatoms. The zero-order valence-electron chi connectivity index (χ0n) is 9.45. The van der Waals surface area contributed by atoms with Crippen molar-refractivity contribution in [1.29, 1.82) is 0 Å². The highest BCUT2D eigenvalue weighted by Gasteiger charge is 2.30. The Morgan fingerprint density at radius 1 is 1.25 bits per heavy atom. The SMILES string of the molecule is NCCC(=O)NC1CCCCCC1C(=O)O. The summed E-state index contributed by atoms with van der Waals surface area (Å²) < 4.78 is 0. The minimum atomic E-state index is -0.806. The molecule has 2 unspecified atom stereocenters. The first-order chi connectivity index (χ1) is 7.65. The van der Waals surface area contributed by atoms with Crippen LogP contribution in [0.15, 0.2) is 0 Å². The van der Waals surface area contributed by atoms with Crippen LogP contribution in [0.3, 0.4) is 0 Å². The molecule has 0 aromatic carbocycles. The Kier molecular flexibility index (Phi) is 5.25. The summed E-state index contributed by atoms with van der Waals surface area (Å²) in [6.45, 7) is 0.302. The monoisotopic (exact) mass is 228 g/mol. The van der Waals surface area contributed by atoms with Crippen molar-refractivity contribution in [3.05, 3.63) is 0 Å². The Labute approximate surface area is 95.4 Å². The van der Waals surface area contributed by atoms with Gasteiger partial charge < -0.3 is 16.2 Å². The molecule has 1 saturated carbocycles. The molecule has 0 aromatic rings. The van der Waals surface area contributed by atoms with Crippen molar-refractivity contribution in [2.45, 2.75) is 44.6 Å². The Morgan fingerprint density at radius 3 is 2.56 bits per heavy atom. The Balaban J connectivity index is 2.57. The molecule has 0 saturated heterocycles. The topological polar surface area (TPSA) is 92.4 Å². The van der Waals surface area contributed by atoms with Crippen molar-refractivity contribution < 1.29 is 14.7 Å². The Hall–Kier alpha value is -1.10. The van der Waals surface area contributed by atoms with E-state index >= 15 is 0 Å². The first-order valence-corrected chi connectivity index (χ1v) is 5.87. The number of aliphatic carboxylic acids is 1. The number of carboxylic acid groups (broad SMARTS) is 1. The molecule has 1 aliphatic carbocycles. The number of carbonyl (C=O) groups is 2. The van der Waals surface area contributed by atoms with Gasteiger partial charge in [-0.3, -0.25) is 9.59 Å². The van der Waals surface area contributed by atoms with Gasteiger partial charge >= 0.3 is 5.97 Å². The van der Waals surface area contributed by atoms with Gasteiger partial charge in [0.2, 0.25) is 5.91 Å². The van der Waals surface area contributed by atoms with Crippen LogP contribution in [0.1, 0.15) is 38.5 Å². The molecule has 1 aliphatic rings. The minimum Gasteiger partial charge on any atom is -0.481 e. The van der Waals surface area contributed by atoms with Crippen LogP contribution in [-0.4, -0.2) is 29.6 Å². The second-order valence-corrected chi connectivity index (χ2v) is 4.30. The lowest BCUT2D eigenvalue weighted by molar-refractivity contribution is -0.143. The number of nitrogens with one attached hydrogen (secondary N) is 1. The van der Waals surface area contributed by atoms with E-state index in [0.29, 0.717) is 13.0 Å². The first-order valence-electron chi connectivity index (χ1n) is 5.87. The van der Waals surface area contributed by atoms with Gasteiger partial charge in [0.15, 0.2) is 0 Å². The molecule has 0 heterocycles. The third kappa shape index (κ3) is 3.81. The van der Waals surface area contributed by atoms with E-state index in [4.69, 9.17) is 10.8 Å². The highest BCUT2D eigenvalue weighted by molar-refractivity contribution is 5.78. The molecule has 16 heavy (non-hydrogen) atoms. The molecule has 0 aromatic heterocycles. The van der Waals surface area contributed by atoms with Gasteiger partial charge in [0, 0.05) is 19.0 Å². The maximum atomic E-state index is 11.4. The fraction of sp³-hybridized carbons (Fsp3) is 0.818. The van der Waals surface area contributed by atoms with E-state index in [0.717, 1.165) is 25.7 Å². The van der Waals surface area contributed by atoms with E-state index in [1.54, 1.807) is 0 Å². The molecule has 2 atom stereocenters. The van der Waals surface area contributed by atoms with Gasteiger partial charge in [-0.05, 0) is 12.8 Å². The average Bonchev–Trinajstić information content (AvgIpc) is 2.43. The smallest absolute Gasteiger partial charge is 0.308 e. The maximum absolute atomic E-state index is 11.4. The first kappa shape index (κ1) is 13.0. The van der Waals surface area contributed by atoms with Crippen molar-refractivity contribution in [1.82, 2.24) is 5.32 Å². The van der Waals surface area contributed by atoms with E-state index in [9.17, 15) is 9.59 Å². The number of amides is 1. The van der Waals surface area contributed by atoms with Crippen molar-refractivity contribution in [2.24, 2.45) is 11.7 Å². The molecular weight excluding hydrogens is 208 g/mol. The summed E-state index contributed by atoms with van der Waals surface area (Å²) in [5.74, 6) is -1.38. The number of rotatable bonds is 4. The van der Waals surface area contributed by atoms with Gasteiger partial charge in [-0.2, -0.15) is 0 Å². The van der Waals surface area contributed by atoms with Crippen LogP contribution in [0.25, 0.3) is 0 Å². The number of nitrogens with two attached hydrogens (primary N) is 1. The minimum absolute atomic E-state index is 0.138. The van der Waals surface area contributed by atoms with Crippen LogP contribution in [0, 0.1) is 5.92 Å². The lowest BCUT2D eigenvalue weighted by atomic mass is 9.95. The van der Waals surface area contributed by atoms with Crippen molar-refractivity contribution >= 4 is 11.9 Å². The lowest BCUT2D eigenvalue weighted by Gasteiger charge is -2.22. The van der Waals surface area contributed by atoms with Gasteiger partial charge in [0.05, 0.1) is 5.92 Å². The summed E-state index contributed by atoms with van der Waals surface area (Å²) in [5, 5.41) is 11.9. The molecule has 1 rings (SSSR count). The second-order valence-electron chi connectivity index (χ2n) is 4.30. The number of carbonyl (C=O) groups excluding carboxylic acids is 1. The zero-order chi connectivity index (χ0) is 12.0. The fourth-order valence-corrected chi connectivity index (χ4v) is 2.19. The molecule has 92 valence electrons. The van der Waals surface area contributed by atoms with Gasteiger partial charge in [-0.15, -0.1) is 0 Å². The maximum Gasteiger partial charge on any atom is 0.308 e. The predicted octanol–water partition coefficient (Wildman–Crippen LogP) is 0.485. The molecule has 0 aliphatic heterocycles. The summed E-state index contributed by atoms with van der Waals surface area (Å²) in [5.41, 5.74) is 5.28. The van der Waals surface area contributed by atoms with Crippen LogP contribution >= 0.6 is 0 Å². The highest BCUT2D eigenvalue weighted by Crippen LogP contribution is 2.23. The molecule has 0 spiro atoms. The standard InChI is InChI=1S/C11H20N2O3/c12-7-6-10(14)13-9-5-3-1-2-4-8(9)11(15)16/h8-9H,1-7,12H2,(H,13,14)(H,15,16). The lowest BCUT2D eigenvalue weighted by Crippen LogP contribution is -2.43. The third-order valence-electron chi connectivity index (χ3n) is 3.05. The van der Waals surface area contributed by atoms with E-state index in [2.05, 4.69) is 5.32 Å². The normalized spacial score (nSPS) is 25.8. The van der Waals surface area contributed by atoms with Crippen LogP contribution < -0.4 is 11.1 Å². The number of hydrogen-bond acceptors (Lipinski definition) is 3. The molecule has 0 bridgehead atoms. The Morgan fingerprint density at radius 2 is 1.94 bits per heavy atom. The largest absolute Gasteiger partial charge is 0.481 e. The third-order valence-corrected chi connectivity index (χ3v) is 3.05. The second kappa shape index (κ2) is 6.48. The van der Waals surface area contributed by atoms with E-state index in [1.165, 1.54) is 0 Å². The quantitative estimate of drug-likeness (QED) is 0.610. The summed E-state index contributed by atoms with van der Waals surface area (Å²) in [6.07, 6.45) is 4.64. The molecular formula is C11H20N2O3. The number of hydrogen-bond donors (Lipinski definition) is 3. The summed E-state index contributed by atoms with van der Waals surface area (Å²) >= 11 is 0. The molecule has 1 amide bonds. The summed E-state index contributed by atoms with van der Waals surface area (Å²) in [7, 11) is 0. The van der Waals surface area contributed by atoms with Gasteiger partial charge in [0.1, 0.15) is 0 Å². The average molecular weight is 228 g/mol. The van der Waals surface area contributed by atoms with Gasteiger partial charge in [-0.25, -0.2) is 0 Å². The molecule has 5 nitrogen and oxygen atoms in total. The van der Waals surface area contributed by atoms with Gasteiger partial charge in [0.25, 0.3) is 0 Å². The fourth-order valence-electron chi connectivity index (χ4n) is 2.19. The Bertz CT molecular complexity index is 256. The van der Waals surface area contributed by atoms with Crippen LogP contribution in [0.2, 0.25) is 0 Å². The summed E-state index contributed by atoms with van der Waals surface area (Å²) in [6, 6.07) is -0.223. The highest BCUT2D eigenvalue weighted by atomic mass is 16.4. The molecule has 1 fully saturated rings. The van der Waals surface area contributed by atoms with Crippen molar-refractivity contribution in [2.75, 3.05) is 6.54 Å². The van der Waals surface area contributed by atoms with Crippen LogP contribution in [-0.2, 0) is 9.59 Å². The van der Waals surface area contributed by atoms with Gasteiger partial charge in [-0.1, -0.05) is 19.3 Å². The van der Waals surface area contributed by atoms with Crippen molar-refractivity contribution in [3.8, 4) is 0 Å². The van der Waals surface area contributed by atoms with Crippen LogP contribution in [0.5, 0.6) is 0 Å². The van der Waals surface area contributed by atoms with E-state index in [1.807, 2.05) is 0 Å².